The smallest absolute Gasteiger partial charge is 0.410 e. The molecule has 1 aliphatic rings. The highest BCUT2D eigenvalue weighted by molar-refractivity contribution is 7.99. The zero-order valence-corrected chi connectivity index (χ0v) is 18.5. The van der Waals surface area contributed by atoms with Crippen LogP contribution in [0, 0.1) is 23.7 Å². The SMILES string of the molecule is C#CCOC(=O)N1CCC(c2nc(C(=O)Nc3ccccc3SCCC#N)cs2)CC1. The first-order valence-corrected chi connectivity index (χ1v) is 11.7. The summed E-state index contributed by atoms with van der Waals surface area (Å²) in [7, 11) is 0. The van der Waals surface area contributed by atoms with Gasteiger partial charge in [0.15, 0.2) is 6.61 Å². The molecule has 0 radical (unpaired) electrons. The number of nitrogens with zero attached hydrogens (tertiary/aromatic N) is 3. The molecule has 31 heavy (non-hydrogen) atoms. The maximum Gasteiger partial charge on any atom is 0.410 e. The topological polar surface area (TPSA) is 95.3 Å². The van der Waals surface area contributed by atoms with E-state index in [1.54, 1.807) is 10.3 Å². The van der Waals surface area contributed by atoms with E-state index in [4.69, 9.17) is 16.4 Å². The number of thiazole rings is 1. The molecule has 1 aliphatic heterocycles. The Morgan fingerprint density at radius 2 is 2.13 bits per heavy atom. The van der Waals surface area contributed by atoms with Crippen LogP contribution in [0.15, 0.2) is 34.5 Å². The van der Waals surface area contributed by atoms with Gasteiger partial charge >= 0.3 is 6.09 Å². The monoisotopic (exact) mass is 454 g/mol. The van der Waals surface area contributed by atoms with Gasteiger partial charge in [0.1, 0.15) is 5.69 Å². The third-order valence-electron chi connectivity index (χ3n) is 4.74. The molecule has 0 spiro atoms. The molecule has 0 saturated carbocycles. The summed E-state index contributed by atoms with van der Waals surface area (Å²) in [5.41, 5.74) is 1.09. The Morgan fingerprint density at radius 3 is 2.87 bits per heavy atom. The first kappa shape index (κ1) is 22.7. The Kier molecular flexibility index (Phi) is 8.34. The number of nitriles is 1. The van der Waals surface area contributed by atoms with Gasteiger partial charge in [0.2, 0.25) is 0 Å². The van der Waals surface area contributed by atoms with Crippen LogP contribution in [0.3, 0.4) is 0 Å². The molecule has 1 fully saturated rings. The van der Waals surface area contributed by atoms with Gasteiger partial charge in [-0.2, -0.15) is 5.26 Å². The van der Waals surface area contributed by atoms with Crippen LogP contribution in [0.4, 0.5) is 10.5 Å². The number of terminal acetylenes is 1. The minimum absolute atomic E-state index is 0.0241. The number of hydrogen-bond donors (Lipinski definition) is 1. The van der Waals surface area contributed by atoms with Gasteiger partial charge in [-0.15, -0.1) is 29.5 Å². The minimum atomic E-state index is -0.387. The van der Waals surface area contributed by atoms with Gasteiger partial charge in [-0.1, -0.05) is 18.1 Å². The fourth-order valence-corrected chi connectivity index (χ4v) is 5.01. The molecule has 1 aromatic heterocycles. The normalized spacial score (nSPS) is 13.8. The molecule has 1 N–H and O–H groups in total. The van der Waals surface area contributed by atoms with Crippen LogP contribution in [0.2, 0.25) is 0 Å². The molecular weight excluding hydrogens is 432 g/mol. The van der Waals surface area contributed by atoms with Crippen molar-refractivity contribution in [2.45, 2.75) is 30.1 Å². The number of aromatic nitrogens is 1. The lowest BCUT2D eigenvalue weighted by atomic mass is 9.98. The molecule has 2 heterocycles. The third-order valence-corrected chi connectivity index (χ3v) is 6.83. The molecule has 0 unspecified atom stereocenters. The van der Waals surface area contributed by atoms with Crippen LogP contribution >= 0.6 is 23.1 Å². The Bertz CT molecular complexity index is 1000. The van der Waals surface area contributed by atoms with Gasteiger partial charge in [-0.25, -0.2) is 9.78 Å². The van der Waals surface area contributed by atoms with E-state index in [1.165, 1.54) is 23.1 Å². The average Bonchev–Trinajstić information content (AvgIpc) is 3.29. The lowest BCUT2D eigenvalue weighted by Crippen LogP contribution is -2.38. The van der Waals surface area contributed by atoms with E-state index < -0.39 is 0 Å². The van der Waals surface area contributed by atoms with E-state index in [1.807, 2.05) is 24.3 Å². The fourth-order valence-electron chi connectivity index (χ4n) is 3.17. The highest BCUT2D eigenvalue weighted by atomic mass is 32.2. The van der Waals surface area contributed by atoms with Gasteiger partial charge < -0.3 is 15.0 Å². The lowest BCUT2D eigenvalue weighted by molar-refractivity contribution is 0.102. The van der Waals surface area contributed by atoms with Crippen molar-refractivity contribution in [3.8, 4) is 18.4 Å². The first-order valence-electron chi connectivity index (χ1n) is 9.83. The van der Waals surface area contributed by atoms with Crippen molar-refractivity contribution in [2.75, 3.05) is 30.8 Å². The summed E-state index contributed by atoms with van der Waals surface area (Å²) in [6, 6.07) is 9.65. The number of rotatable bonds is 7. The maximum atomic E-state index is 12.7. The molecule has 0 atom stereocenters. The number of thioether (sulfide) groups is 1. The number of para-hydroxylation sites is 1. The van der Waals surface area contributed by atoms with Crippen molar-refractivity contribution in [3.05, 3.63) is 40.3 Å². The quantitative estimate of drug-likeness (QED) is 0.380. The maximum absolute atomic E-state index is 12.7. The number of piperidine rings is 1. The van der Waals surface area contributed by atoms with E-state index in [9.17, 15) is 9.59 Å². The van der Waals surface area contributed by atoms with Crippen molar-refractivity contribution in [2.24, 2.45) is 0 Å². The number of nitrogens with one attached hydrogen (secondary N) is 1. The number of benzene rings is 1. The molecule has 1 aromatic carbocycles. The predicted molar refractivity (Wildman–Crippen MR) is 121 cm³/mol. The number of amides is 2. The summed E-state index contributed by atoms with van der Waals surface area (Å²) >= 11 is 3.00. The molecular formula is C22H22N4O3S2. The van der Waals surface area contributed by atoms with Gasteiger partial charge in [0, 0.05) is 41.5 Å². The second-order valence-electron chi connectivity index (χ2n) is 6.80. The zero-order chi connectivity index (χ0) is 22.1. The number of ether oxygens (including phenoxy) is 1. The number of hydrogen-bond acceptors (Lipinski definition) is 7. The molecule has 9 heteroatoms. The Hall–Kier alpha value is -3.01. The first-order chi connectivity index (χ1) is 15.1. The van der Waals surface area contributed by atoms with Crippen LogP contribution < -0.4 is 5.32 Å². The summed E-state index contributed by atoms with van der Waals surface area (Å²) < 4.78 is 4.97. The summed E-state index contributed by atoms with van der Waals surface area (Å²) in [6.07, 6.45) is 6.70. The number of anilines is 1. The molecule has 2 amide bonds. The second-order valence-corrected chi connectivity index (χ2v) is 8.82. The van der Waals surface area contributed by atoms with Gasteiger partial charge in [-0.05, 0) is 25.0 Å². The molecule has 1 saturated heterocycles. The molecule has 2 aromatic rings. The van der Waals surface area contributed by atoms with Gasteiger partial charge in [-0.3, -0.25) is 4.79 Å². The summed E-state index contributed by atoms with van der Waals surface area (Å²) in [6.45, 7) is 1.12. The van der Waals surface area contributed by atoms with Crippen LogP contribution in [0.5, 0.6) is 0 Å². The van der Waals surface area contributed by atoms with Crippen molar-refractivity contribution >= 4 is 40.8 Å². The molecule has 3 rings (SSSR count). The Morgan fingerprint density at radius 1 is 1.35 bits per heavy atom. The molecule has 0 bridgehead atoms. The van der Waals surface area contributed by atoms with E-state index in [2.05, 4.69) is 22.3 Å². The van der Waals surface area contributed by atoms with Gasteiger partial charge in [0.05, 0.1) is 16.8 Å². The highest BCUT2D eigenvalue weighted by Gasteiger charge is 2.27. The van der Waals surface area contributed by atoms with Crippen LogP contribution in [-0.2, 0) is 4.74 Å². The van der Waals surface area contributed by atoms with Crippen molar-refractivity contribution in [1.82, 2.24) is 9.88 Å². The molecule has 0 aliphatic carbocycles. The van der Waals surface area contributed by atoms with E-state index in [0.717, 1.165) is 22.7 Å². The standard InChI is InChI=1S/C22H22N4O3S2/c1-2-13-29-22(28)26-11-8-16(9-12-26)21-25-18(15-31-21)20(27)24-17-6-3-4-7-19(17)30-14-5-10-23/h1,3-4,6-7,15-16H,5,8-9,11-14H2,(H,24,27). The summed E-state index contributed by atoms with van der Waals surface area (Å²) in [5, 5.41) is 14.3. The summed E-state index contributed by atoms with van der Waals surface area (Å²) in [5.74, 6) is 2.90. The fraction of sp³-hybridized carbons (Fsp3) is 0.364. The average molecular weight is 455 g/mol. The Labute approximate surface area is 189 Å². The molecule has 7 nitrogen and oxygen atoms in total. The number of likely N-dealkylation sites (tertiary alicyclic amines) is 1. The summed E-state index contributed by atoms with van der Waals surface area (Å²) in [4.78, 5) is 31.7. The number of carbonyl (C=O) groups is 2. The van der Waals surface area contributed by atoms with Crippen LogP contribution in [0.1, 0.15) is 40.7 Å². The van der Waals surface area contributed by atoms with E-state index in [0.29, 0.717) is 36.6 Å². The van der Waals surface area contributed by atoms with E-state index >= 15 is 0 Å². The van der Waals surface area contributed by atoms with Gasteiger partial charge in [0.25, 0.3) is 5.91 Å². The van der Waals surface area contributed by atoms with Crippen LogP contribution in [0.25, 0.3) is 0 Å². The van der Waals surface area contributed by atoms with Crippen LogP contribution in [-0.4, -0.2) is 47.3 Å². The minimum Gasteiger partial charge on any atom is -0.436 e. The van der Waals surface area contributed by atoms with E-state index in [-0.39, 0.29) is 24.5 Å². The van der Waals surface area contributed by atoms with Crippen molar-refractivity contribution in [3.63, 3.8) is 0 Å². The lowest BCUT2D eigenvalue weighted by Gasteiger charge is -2.30. The second kappa shape index (κ2) is 11.4. The van der Waals surface area contributed by atoms with Crippen molar-refractivity contribution < 1.29 is 14.3 Å². The third kappa shape index (κ3) is 6.24. The predicted octanol–water partition coefficient (Wildman–Crippen LogP) is 4.35. The highest BCUT2D eigenvalue weighted by Crippen LogP contribution is 2.31. The Balaban J connectivity index is 1.57. The largest absolute Gasteiger partial charge is 0.436 e. The molecule has 160 valence electrons. The number of carbonyl (C=O) groups excluding carboxylic acids is 2. The zero-order valence-electron chi connectivity index (χ0n) is 16.9. The van der Waals surface area contributed by atoms with Crippen molar-refractivity contribution in [1.29, 1.82) is 5.26 Å².